The van der Waals surface area contributed by atoms with Gasteiger partial charge >= 0.3 is 0 Å². The van der Waals surface area contributed by atoms with E-state index in [9.17, 15) is 4.79 Å². The highest BCUT2D eigenvalue weighted by atomic mass is 32.1. The lowest BCUT2D eigenvalue weighted by molar-refractivity contribution is -0.117. The quantitative estimate of drug-likeness (QED) is 0.219. The molecule has 1 aliphatic carbocycles. The SMILES string of the molecule is C=C/C=C(/C)CCCNc1ncnc2c(/C=C/C(C=C)=C/C=C(\C)C(=O)NC3CC3)csc12. The van der Waals surface area contributed by atoms with E-state index >= 15 is 0 Å². The van der Waals surface area contributed by atoms with Gasteiger partial charge < -0.3 is 10.6 Å². The van der Waals surface area contributed by atoms with Crippen LogP contribution in [0.1, 0.15) is 45.1 Å². The van der Waals surface area contributed by atoms with Crippen molar-refractivity contribution in [2.45, 2.75) is 45.6 Å². The van der Waals surface area contributed by atoms with Crippen molar-refractivity contribution >= 4 is 39.4 Å². The normalized spacial score (nSPS) is 15.2. The van der Waals surface area contributed by atoms with Gasteiger partial charge in [0.2, 0.25) is 5.91 Å². The Morgan fingerprint density at radius 2 is 2.03 bits per heavy atom. The van der Waals surface area contributed by atoms with Gasteiger partial charge in [-0.25, -0.2) is 9.97 Å². The number of rotatable bonds is 12. The predicted molar refractivity (Wildman–Crippen MR) is 141 cm³/mol. The number of nitrogens with zero attached hydrogens (tertiary/aromatic N) is 2. The smallest absolute Gasteiger partial charge is 0.247 e. The molecule has 0 atom stereocenters. The molecular formula is C27H32N4OS. The number of anilines is 1. The number of allylic oxidation sites excluding steroid dienone is 8. The van der Waals surface area contributed by atoms with Crippen LogP contribution in [0.4, 0.5) is 5.82 Å². The molecule has 0 aliphatic heterocycles. The summed E-state index contributed by atoms with van der Waals surface area (Å²) in [6, 6.07) is 0.357. The molecule has 33 heavy (non-hydrogen) atoms. The Bertz CT molecular complexity index is 1130. The number of amides is 1. The maximum Gasteiger partial charge on any atom is 0.247 e. The fourth-order valence-corrected chi connectivity index (χ4v) is 4.13. The topological polar surface area (TPSA) is 66.9 Å². The van der Waals surface area contributed by atoms with Crippen LogP contribution in [0, 0.1) is 0 Å². The predicted octanol–water partition coefficient (Wildman–Crippen LogP) is 6.37. The standard InChI is InChI=1S/C27H32N4OS/c1-5-8-19(3)9-7-16-28-26-25-24(29-18-30-26)22(17-33-25)13-12-21(6-2)11-10-20(4)27(32)31-23-14-15-23/h5-6,8,10-13,17-18,23H,1-2,7,9,14-16H2,3-4H3,(H,31,32)(H,28,29,30)/b13-12+,19-8-,20-10+,21-11+. The molecule has 2 aromatic heterocycles. The molecule has 2 heterocycles. The number of fused-ring (bicyclic) bond motifs is 1. The van der Waals surface area contributed by atoms with Crippen molar-refractivity contribution in [1.29, 1.82) is 0 Å². The fraction of sp³-hybridized carbons (Fsp3) is 0.296. The first kappa shape index (κ1) is 24.4. The molecular weight excluding hydrogens is 428 g/mol. The van der Waals surface area contributed by atoms with E-state index in [0.717, 1.165) is 59.4 Å². The molecule has 5 nitrogen and oxygen atoms in total. The first-order valence-electron chi connectivity index (χ1n) is 11.3. The summed E-state index contributed by atoms with van der Waals surface area (Å²) in [5, 5.41) is 8.53. The number of hydrogen-bond donors (Lipinski definition) is 2. The molecule has 6 heteroatoms. The first-order chi connectivity index (χ1) is 16.0. The van der Waals surface area contributed by atoms with Gasteiger partial charge in [0.05, 0.1) is 10.2 Å². The van der Waals surface area contributed by atoms with Crippen LogP contribution < -0.4 is 10.6 Å². The van der Waals surface area contributed by atoms with E-state index in [1.54, 1.807) is 23.7 Å². The minimum Gasteiger partial charge on any atom is -0.369 e. The third-order valence-electron chi connectivity index (χ3n) is 5.31. The molecule has 0 saturated heterocycles. The van der Waals surface area contributed by atoms with E-state index in [2.05, 4.69) is 46.1 Å². The Morgan fingerprint density at radius 1 is 1.21 bits per heavy atom. The number of nitrogens with one attached hydrogen (secondary N) is 2. The van der Waals surface area contributed by atoms with Crippen LogP contribution in [0.3, 0.4) is 0 Å². The van der Waals surface area contributed by atoms with Gasteiger partial charge in [-0.05, 0) is 45.1 Å². The number of hydrogen-bond acceptors (Lipinski definition) is 5. The number of aromatic nitrogens is 2. The van der Waals surface area contributed by atoms with Crippen molar-refractivity contribution in [1.82, 2.24) is 15.3 Å². The van der Waals surface area contributed by atoms with Gasteiger partial charge in [0.25, 0.3) is 0 Å². The highest BCUT2D eigenvalue weighted by Gasteiger charge is 2.23. The van der Waals surface area contributed by atoms with Crippen LogP contribution in [-0.4, -0.2) is 28.5 Å². The zero-order chi connectivity index (χ0) is 23.6. The maximum absolute atomic E-state index is 12.1. The van der Waals surface area contributed by atoms with Gasteiger partial charge in [0.1, 0.15) is 12.1 Å². The summed E-state index contributed by atoms with van der Waals surface area (Å²) in [4.78, 5) is 21.0. The second-order valence-electron chi connectivity index (χ2n) is 8.17. The summed E-state index contributed by atoms with van der Waals surface area (Å²) in [5.74, 6) is 0.864. The Labute approximate surface area is 200 Å². The summed E-state index contributed by atoms with van der Waals surface area (Å²) in [5.41, 5.74) is 4.89. The molecule has 3 rings (SSSR count). The Morgan fingerprint density at radius 3 is 2.76 bits per heavy atom. The second-order valence-corrected chi connectivity index (χ2v) is 9.05. The highest BCUT2D eigenvalue weighted by molar-refractivity contribution is 7.18. The Hall–Kier alpha value is -3.25. The summed E-state index contributed by atoms with van der Waals surface area (Å²) in [6.07, 6.45) is 19.2. The molecule has 0 bridgehead atoms. The monoisotopic (exact) mass is 460 g/mol. The summed E-state index contributed by atoms with van der Waals surface area (Å²) >= 11 is 1.63. The molecule has 1 saturated carbocycles. The van der Waals surface area contributed by atoms with Crippen molar-refractivity contribution in [3.8, 4) is 0 Å². The number of carbonyl (C=O) groups is 1. The number of carbonyl (C=O) groups excluding carboxylic acids is 1. The van der Waals surface area contributed by atoms with Crippen LogP contribution in [-0.2, 0) is 4.79 Å². The molecule has 1 fully saturated rings. The molecule has 1 amide bonds. The van der Waals surface area contributed by atoms with Gasteiger partial charge in [-0.1, -0.05) is 61.3 Å². The molecule has 2 N–H and O–H groups in total. The van der Waals surface area contributed by atoms with Crippen LogP contribution in [0.25, 0.3) is 16.3 Å². The zero-order valence-electron chi connectivity index (χ0n) is 19.4. The molecule has 0 radical (unpaired) electrons. The molecule has 0 unspecified atom stereocenters. The fourth-order valence-electron chi connectivity index (χ4n) is 3.17. The van der Waals surface area contributed by atoms with Crippen molar-refractivity contribution in [3.05, 3.63) is 83.6 Å². The summed E-state index contributed by atoms with van der Waals surface area (Å²) in [6.45, 7) is 12.4. The van der Waals surface area contributed by atoms with Gasteiger partial charge in [-0.3, -0.25) is 4.79 Å². The summed E-state index contributed by atoms with van der Waals surface area (Å²) in [7, 11) is 0. The molecule has 172 valence electrons. The first-order valence-corrected chi connectivity index (χ1v) is 12.1. The highest BCUT2D eigenvalue weighted by Crippen LogP contribution is 2.30. The van der Waals surface area contributed by atoms with Crippen LogP contribution in [0.2, 0.25) is 0 Å². The van der Waals surface area contributed by atoms with Gasteiger partial charge in [-0.15, -0.1) is 11.3 Å². The van der Waals surface area contributed by atoms with Gasteiger partial charge in [0, 0.05) is 29.1 Å². The third-order valence-corrected chi connectivity index (χ3v) is 6.31. The molecule has 2 aromatic rings. The van der Waals surface area contributed by atoms with E-state index in [4.69, 9.17) is 0 Å². The Kier molecular flexibility index (Phi) is 8.95. The largest absolute Gasteiger partial charge is 0.369 e. The van der Waals surface area contributed by atoms with E-state index < -0.39 is 0 Å². The lowest BCUT2D eigenvalue weighted by Gasteiger charge is -2.06. The second kappa shape index (κ2) is 12.1. The van der Waals surface area contributed by atoms with Gasteiger partial charge in [-0.2, -0.15) is 0 Å². The molecule has 0 spiro atoms. The van der Waals surface area contributed by atoms with Crippen LogP contribution in [0.15, 0.2) is 78.0 Å². The van der Waals surface area contributed by atoms with E-state index in [1.807, 2.05) is 43.4 Å². The zero-order valence-corrected chi connectivity index (χ0v) is 20.3. The van der Waals surface area contributed by atoms with E-state index in [-0.39, 0.29) is 5.91 Å². The van der Waals surface area contributed by atoms with Crippen LogP contribution >= 0.6 is 11.3 Å². The lowest BCUT2D eigenvalue weighted by atomic mass is 10.1. The average Bonchev–Trinajstić information content (AvgIpc) is 3.53. The maximum atomic E-state index is 12.1. The van der Waals surface area contributed by atoms with Crippen LogP contribution in [0.5, 0.6) is 0 Å². The van der Waals surface area contributed by atoms with Crippen molar-refractivity contribution in [2.75, 3.05) is 11.9 Å². The minimum atomic E-state index is -0.00594. The number of thiophene rings is 1. The van der Waals surface area contributed by atoms with E-state index in [0.29, 0.717) is 11.6 Å². The lowest BCUT2D eigenvalue weighted by Crippen LogP contribution is -2.25. The summed E-state index contributed by atoms with van der Waals surface area (Å²) < 4.78 is 1.05. The van der Waals surface area contributed by atoms with Crippen molar-refractivity contribution in [2.24, 2.45) is 0 Å². The average molecular weight is 461 g/mol. The van der Waals surface area contributed by atoms with Crippen molar-refractivity contribution in [3.63, 3.8) is 0 Å². The minimum absolute atomic E-state index is 0.00594. The third kappa shape index (κ3) is 7.39. The van der Waals surface area contributed by atoms with Crippen molar-refractivity contribution < 1.29 is 4.79 Å². The molecule has 1 aliphatic rings. The Balaban J connectivity index is 1.66. The van der Waals surface area contributed by atoms with E-state index in [1.165, 1.54) is 5.57 Å². The molecule has 0 aromatic carbocycles. The van der Waals surface area contributed by atoms with Gasteiger partial charge in [0.15, 0.2) is 0 Å².